The van der Waals surface area contributed by atoms with Gasteiger partial charge in [-0.15, -0.1) is 0 Å². The molecule has 53 heavy (non-hydrogen) atoms. The Morgan fingerprint density at radius 2 is 1.09 bits per heavy atom. The first kappa shape index (κ1) is 28.7. The summed E-state index contributed by atoms with van der Waals surface area (Å²) in [4.78, 5) is 0. The Balaban J connectivity index is 0.920. The predicted molar refractivity (Wildman–Crippen MR) is 217 cm³/mol. The second-order valence-corrected chi connectivity index (χ2v) is 14.0. The molecular weight excluding hydrogens is 649 g/mol. The number of furan rings is 1. The smallest absolute Gasteiger partial charge is 0.434 e. The Morgan fingerprint density at radius 1 is 0.415 bits per heavy atom. The lowest BCUT2D eigenvalue weighted by Crippen LogP contribution is -2.53. The van der Waals surface area contributed by atoms with E-state index < -0.39 is 0 Å². The Morgan fingerprint density at radius 3 is 1.96 bits per heavy atom. The molecule has 4 nitrogen and oxygen atoms in total. The summed E-state index contributed by atoms with van der Waals surface area (Å²) in [5.74, 6) is 2.52. The molecule has 0 amide bonds. The monoisotopic (exact) mass is 677 g/mol. The van der Waals surface area contributed by atoms with E-state index in [1.807, 2.05) is 12.1 Å². The maximum atomic E-state index is 6.87. The van der Waals surface area contributed by atoms with E-state index in [1.54, 1.807) is 0 Å². The van der Waals surface area contributed by atoms with Crippen molar-refractivity contribution in [3.8, 4) is 56.3 Å². The van der Waals surface area contributed by atoms with Crippen molar-refractivity contribution >= 4 is 61.6 Å². The van der Waals surface area contributed by atoms with Crippen molar-refractivity contribution in [2.24, 2.45) is 0 Å². The molecule has 8 aromatic carbocycles. The summed E-state index contributed by atoms with van der Waals surface area (Å²) < 4.78 is 22.0. The number of nitrogens with zero attached hydrogens (tertiary/aromatic N) is 1. The molecule has 0 saturated carbocycles. The lowest BCUT2D eigenvalue weighted by Gasteiger charge is -2.33. The zero-order valence-electron chi connectivity index (χ0n) is 28.4. The van der Waals surface area contributed by atoms with Crippen molar-refractivity contribution in [3.05, 3.63) is 170 Å². The molecule has 12 rings (SSSR count). The van der Waals surface area contributed by atoms with Gasteiger partial charge >= 0.3 is 6.92 Å². The highest BCUT2D eigenvalue weighted by atomic mass is 16.5. The fourth-order valence-electron chi connectivity index (χ4n) is 8.63. The summed E-state index contributed by atoms with van der Waals surface area (Å²) in [6, 6.07) is 60.0. The summed E-state index contributed by atoms with van der Waals surface area (Å²) in [6.45, 7) is -0.269. The molecule has 246 valence electrons. The Kier molecular flexibility index (Phi) is 5.83. The first-order chi connectivity index (χ1) is 26.2. The van der Waals surface area contributed by atoms with Gasteiger partial charge in [-0.3, -0.25) is 0 Å². The molecule has 5 heteroatoms. The topological polar surface area (TPSA) is 36.5 Å². The van der Waals surface area contributed by atoms with Gasteiger partial charge in [0.25, 0.3) is 0 Å². The van der Waals surface area contributed by atoms with E-state index in [1.165, 1.54) is 21.8 Å². The summed E-state index contributed by atoms with van der Waals surface area (Å²) in [5.41, 5.74) is 14.1. The zero-order valence-corrected chi connectivity index (χ0v) is 28.4. The fourth-order valence-corrected chi connectivity index (χ4v) is 8.63. The second kappa shape index (κ2) is 10.8. The second-order valence-electron chi connectivity index (χ2n) is 14.0. The van der Waals surface area contributed by atoms with Gasteiger partial charge in [0.05, 0.1) is 11.0 Å². The van der Waals surface area contributed by atoms with Gasteiger partial charge in [0, 0.05) is 43.7 Å². The number of aromatic nitrogens is 1. The third-order valence-electron chi connectivity index (χ3n) is 11.1. The maximum Gasteiger partial charge on any atom is 0.434 e. The van der Waals surface area contributed by atoms with Crippen molar-refractivity contribution < 1.29 is 13.8 Å². The molecule has 0 radical (unpaired) electrons. The molecule has 0 aliphatic carbocycles. The summed E-state index contributed by atoms with van der Waals surface area (Å²) in [7, 11) is 0. The zero-order chi connectivity index (χ0) is 34.6. The highest BCUT2D eigenvalue weighted by Gasteiger charge is 2.40. The number of benzene rings is 8. The molecule has 2 aliphatic rings. The standard InChI is InChI=1S/C48H28BNO3/c1-4-15-41-34(11-1)35-12-2-5-16-42(35)50(41)33-10-7-9-29(25-33)32-19-22-40-47(28-32)52-46-18-8-14-37-39-27-31(21-24-45(39)53-49(40)48(37)46)30-20-23-44-38(26-30)36-13-3-6-17-43(36)51-44/h1-28H. The van der Waals surface area contributed by atoms with E-state index in [4.69, 9.17) is 13.8 Å². The Hall–Kier alpha value is -6.98. The lowest BCUT2D eigenvalue weighted by molar-refractivity contribution is 0.479. The van der Waals surface area contributed by atoms with Crippen molar-refractivity contribution in [1.82, 2.24) is 4.57 Å². The van der Waals surface area contributed by atoms with Crippen LogP contribution in [0, 0.1) is 0 Å². The van der Waals surface area contributed by atoms with Gasteiger partial charge in [0.1, 0.15) is 28.4 Å². The SMILES string of the molecule is c1cc(-c2ccc3c(c2)Oc2cccc4c2B3Oc2ccc(-c3ccc5oc6ccccc6c5c3)cc2-4)cc(-n2c3ccccc3c3ccccc32)c1. The van der Waals surface area contributed by atoms with Gasteiger partial charge < -0.3 is 18.4 Å². The highest BCUT2D eigenvalue weighted by molar-refractivity contribution is 6.84. The fraction of sp³-hybridized carbons (Fsp3) is 0. The van der Waals surface area contributed by atoms with E-state index in [0.717, 1.165) is 89.2 Å². The Labute approximate surface area is 305 Å². The summed E-state index contributed by atoms with van der Waals surface area (Å²) >= 11 is 0. The highest BCUT2D eigenvalue weighted by Crippen LogP contribution is 2.42. The number of fused-ring (bicyclic) bond motifs is 10. The van der Waals surface area contributed by atoms with E-state index >= 15 is 0 Å². The third kappa shape index (κ3) is 4.19. The minimum Gasteiger partial charge on any atom is -0.551 e. The molecule has 0 atom stereocenters. The van der Waals surface area contributed by atoms with Crippen LogP contribution in [0.1, 0.15) is 0 Å². The largest absolute Gasteiger partial charge is 0.551 e. The van der Waals surface area contributed by atoms with Gasteiger partial charge in [0.15, 0.2) is 0 Å². The first-order valence-electron chi connectivity index (χ1n) is 18.0. The summed E-state index contributed by atoms with van der Waals surface area (Å²) in [5, 5.41) is 4.75. The average molecular weight is 678 g/mol. The summed E-state index contributed by atoms with van der Waals surface area (Å²) in [6.07, 6.45) is 0. The molecule has 0 bridgehead atoms. The number of para-hydroxylation sites is 3. The van der Waals surface area contributed by atoms with Crippen molar-refractivity contribution in [2.45, 2.75) is 0 Å². The van der Waals surface area contributed by atoms with Crippen LogP contribution in [0.15, 0.2) is 174 Å². The average Bonchev–Trinajstić information content (AvgIpc) is 3.76. The van der Waals surface area contributed by atoms with E-state index in [2.05, 4.69) is 162 Å². The van der Waals surface area contributed by atoms with Crippen molar-refractivity contribution in [3.63, 3.8) is 0 Å². The normalized spacial score (nSPS) is 12.8. The maximum absolute atomic E-state index is 6.87. The van der Waals surface area contributed by atoms with Gasteiger partial charge in [-0.05, 0) is 94.5 Å². The molecule has 0 spiro atoms. The van der Waals surface area contributed by atoms with E-state index in [-0.39, 0.29) is 6.92 Å². The third-order valence-corrected chi connectivity index (χ3v) is 11.1. The van der Waals surface area contributed by atoms with E-state index in [0.29, 0.717) is 0 Å². The molecule has 0 fully saturated rings. The van der Waals surface area contributed by atoms with Crippen LogP contribution in [0.4, 0.5) is 0 Å². The van der Waals surface area contributed by atoms with Crippen LogP contribution in [0.2, 0.25) is 0 Å². The molecule has 0 saturated heterocycles. The van der Waals surface area contributed by atoms with E-state index in [9.17, 15) is 0 Å². The number of rotatable bonds is 3. The first-order valence-corrected chi connectivity index (χ1v) is 18.0. The van der Waals surface area contributed by atoms with Gasteiger partial charge in [0.2, 0.25) is 0 Å². The molecule has 10 aromatic rings. The quantitative estimate of drug-likeness (QED) is 0.175. The van der Waals surface area contributed by atoms with Crippen LogP contribution in [0.5, 0.6) is 17.2 Å². The molecule has 2 aromatic heterocycles. The molecule has 2 aliphatic heterocycles. The number of hydrogen-bond acceptors (Lipinski definition) is 3. The molecule has 0 unspecified atom stereocenters. The van der Waals surface area contributed by atoms with Crippen molar-refractivity contribution in [1.29, 1.82) is 0 Å². The number of ether oxygens (including phenoxy) is 1. The van der Waals surface area contributed by atoms with Crippen LogP contribution in [0.3, 0.4) is 0 Å². The predicted octanol–water partition coefficient (Wildman–Crippen LogP) is 11.3. The molecule has 0 N–H and O–H groups in total. The number of hydrogen-bond donors (Lipinski definition) is 0. The molecule has 4 heterocycles. The minimum absolute atomic E-state index is 0.269. The lowest BCUT2D eigenvalue weighted by atomic mass is 9.51. The minimum atomic E-state index is -0.269. The van der Waals surface area contributed by atoms with Gasteiger partial charge in [-0.25, -0.2) is 0 Å². The Bertz CT molecular complexity index is 3100. The van der Waals surface area contributed by atoms with Crippen molar-refractivity contribution in [2.75, 3.05) is 0 Å². The van der Waals surface area contributed by atoms with Crippen LogP contribution < -0.4 is 20.3 Å². The van der Waals surface area contributed by atoms with Crippen LogP contribution in [-0.2, 0) is 0 Å². The van der Waals surface area contributed by atoms with Gasteiger partial charge in [-0.2, -0.15) is 0 Å². The van der Waals surface area contributed by atoms with Crippen LogP contribution >= 0.6 is 0 Å². The molecular formula is C48H28BNO3. The van der Waals surface area contributed by atoms with Gasteiger partial charge in [-0.1, -0.05) is 103 Å². The van der Waals surface area contributed by atoms with Crippen LogP contribution in [0.25, 0.3) is 82.8 Å². The van der Waals surface area contributed by atoms with Crippen LogP contribution in [-0.4, -0.2) is 11.5 Å².